The topological polar surface area (TPSA) is 20.2 Å². The third-order valence-corrected chi connectivity index (χ3v) is 5.68. The summed E-state index contributed by atoms with van der Waals surface area (Å²) in [7, 11) is 0. The first-order chi connectivity index (χ1) is 6.56. The molecule has 0 aliphatic carbocycles. The minimum atomic E-state index is -0.682. The van der Waals surface area contributed by atoms with Gasteiger partial charge < -0.3 is 0 Å². The Kier molecular flexibility index (Phi) is 4.19. The van der Waals surface area contributed by atoms with Crippen LogP contribution in [0.2, 0.25) is 0 Å². The van der Waals surface area contributed by atoms with Crippen molar-refractivity contribution < 1.29 is 5.11 Å². The predicted molar refractivity (Wildman–Crippen MR) is 61.9 cm³/mol. The van der Waals surface area contributed by atoms with E-state index in [4.69, 9.17) is 0 Å². The van der Waals surface area contributed by atoms with Crippen LogP contribution in [0.25, 0.3) is 0 Å². The van der Waals surface area contributed by atoms with E-state index in [0.717, 1.165) is 10.0 Å². The van der Waals surface area contributed by atoms with Crippen LogP contribution in [-0.2, 0) is 0 Å². The van der Waals surface area contributed by atoms with Gasteiger partial charge in [0, 0.05) is 0 Å². The van der Waals surface area contributed by atoms with Gasteiger partial charge in [0.25, 0.3) is 0 Å². The van der Waals surface area contributed by atoms with Gasteiger partial charge in [-0.05, 0) is 0 Å². The molecule has 1 unspecified atom stereocenters. The predicted octanol–water partition coefficient (Wildman–Crippen LogP) is 1.69. The van der Waals surface area contributed by atoms with Crippen LogP contribution in [0.3, 0.4) is 0 Å². The van der Waals surface area contributed by atoms with E-state index < -0.39 is 26.5 Å². The second-order valence-corrected chi connectivity index (χ2v) is 6.80. The van der Waals surface area contributed by atoms with Gasteiger partial charge in [0.2, 0.25) is 0 Å². The molecule has 0 fully saturated rings. The van der Waals surface area contributed by atoms with Gasteiger partial charge >= 0.3 is 96.0 Å². The van der Waals surface area contributed by atoms with Crippen LogP contribution < -0.4 is 3.61 Å². The van der Waals surface area contributed by atoms with Crippen LogP contribution in [0.5, 0.6) is 0 Å². The zero-order valence-electron chi connectivity index (χ0n) is 8.66. The molecule has 2 heteroatoms. The monoisotopic (exact) mass is 306 g/mol. The number of hydrogen-bond acceptors (Lipinski definition) is 1. The summed E-state index contributed by atoms with van der Waals surface area (Å²) in [4.78, 5) is 0. The summed E-state index contributed by atoms with van der Waals surface area (Å²) in [6, 6.07) is 10.3. The van der Waals surface area contributed by atoms with Gasteiger partial charge in [0.1, 0.15) is 0 Å². The van der Waals surface area contributed by atoms with Crippen molar-refractivity contribution in [2.75, 3.05) is 0 Å². The SMILES string of the molecule is C=C([Te]c1ccccc1)C(C)(O)CC. The number of hydrogen-bond donors (Lipinski definition) is 1. The molecule has 0 heterocycles. The van der Waals surface area contributed by atoms with Crippen LogP contribution in [0.15, 0.2) is 40.5 Å². The molecule has 0 aliphatic rings. The van der Waals surface area contributed by atoms with Gasteiger partial charge in [-0.3, -0.25) is 0 Å². The summed E-state index contributed by atoms with van der Waals surface area (Å²) in [6.07, 6.45) is 0.740. The quantitative estimate of drug-likeness (QED) is 0.839. The van der Waals surface area contributed by atoms with Crippen LogP contribution >= 0.6 is 0 Å². The maximum absolute atomic E-state index is 9.99. The van der Waals surface area contributed by atoms with Crippen molar-refractivity contribution in [2.24, 2.45) is 0 Å². The Bertz CT molecular complexity index is 303. The van der Waals surface area contributed by atoms with Crippen molar-refractivity contribution in [3.8, 4) is 0 Å². The molecule has 0 saturated carbocycles. The summed E-state index contributed by atoms with van der Waals surface area (Å²) >= 11 is -0.464. The average molecular weight is 304 g/mol. The van der Waals surface area contributed by atoms with Crippen LogP contribution in [0.1, 0.15) is 20.3 Å². The van der Waals surface area contributed by atoms with E-state index in [1.807, 2.05) is 32.0 Å². The normalized spacial score (nSPS) is 14.8. The minimum absolute atomic E-state index is 0.464. The second kappa shape index (κ2) is 4.98. The molecular formula is C12H16OTe. The van der Waals surface area contributed by atoms with Crippen LogP contribution in [0, 0.1) is 0 Å². The second-order valence-electron chi connectivity index (χ2n) is 3.47. The molecule has 0 bridgehead atoms. The van der Waals surface area contributed by atoms with Gasteiger partial charge in [-0.25, -0.2) is 0 Å². The van der Waals surface area contributed by atoms with Crippen LogP contribution in [-0.4, -0.2) is 31.6 Å². The molecule has 0 aliphatic heterocycles. The van der Waals surface area contributed by atoms with E-state index >= 15 is 0 Å². The van der Waals surface area contributed by atoms with Crippen molar-refractivity contribution in [2.45, 2.75) is 25.9 Å². The maximum atomic E-state index is 9.99. The molecule has 1 atom stereocenters. The van der Waals surface area contributed by atoms with E-state index in [1.165, 1.54) is 3.61 Å². The molecule has 1 aromatic rings. The van der Waals surface area contributed by atoms with Crippen molar-refractivity contribution in [1.29, 1.82) is 0 Å². The van der Waals surface area contributed by atoms with Gasteiger partial charge in [-0.2, -0.15) is 0 Å². The molecule has 0 spiro atoms. The van der Waals surface area contributed by atoms with E-state index in [1.54, 1.807) is 0 Å². The molecule has 0 aromatic heterocycles. The Hall–Kier alpha value is -0.290. The molecular weight excluding hydrogens is 288 g/mol. The van der Waals surface area contributed by atoms with Gasteiger partial charge in [0.05, 0.1) is 0 Å². The average Bonchev–Trinajstić information content (AvgIpc) is 2.19. The third kappa shape index (κ3) is 3.13. The summed E-state index contributed by atoms with van der Waals surface area (Å²) < 4.78 is 2.34. The van der Waals surface area contributed by atoms with Crippen molar-refractivity contribution >= 4 is 24.5 Å². The third-order valence-electron chi connectivity index (χ3n) is 2.27. The van der Waals surface area contributed by atoms with Gasteiger partial charge in [-0.15, -0.1) is 0 Å². The fourth-order valence-corrected chi connectivity index (χ4v) is 3.63. The van der Waals surface area contributed by atoms with E-state index in [9.17, 15) is 5.11 Å². The fourth-order valence-electron chi connectivity index (χ4n) is 0.938. The summed E-state index contributed by atoms with van der Waals surface area (Å²) in [5, 5.41) is 9.99. The summed E-state index contributed by atoms with van der Waals surface area (Å²) in [5.74, 6) is 0. The standard InChI is InChI=1S/C12H16OTe/c1-4-12(3,13)10(2)14-11-8-6-5-7-9-11/h5-9,13H,2,4H2,1,3H3. The molecule has 1 aromatic carbocycles. The molecule has 0 saturated heterocycles. The Morgan fingerprint density at radius 3 is 2.50 bits per heavy atom. The number of aliphatic hydroxyl groups is 1. The van der Waals surface area contributed by atoms with E-state index in [2.05, 4.69) is 18.7 Å². The molecule has 1 nitrogen and oxygen atoms in total. The first kappa shape index (κ1) is 11.8. The van der Waals surface area contributed by atoms with E-state index in [0.29, 0.717) is 0 Å². The zero-order valence-corrected chi connectivity index (χ0v) is 11.0. The molecule has 1 N–H and O–H groups in total. The van der Waals surface area contributed by atoms with Gasteiger partial charge in [0.15, 0.2) is 0 Å². The molecule has 76 valence electrons. The first-order valence-corrected chi connectivity index (χ1v) is 7.04. The molecule has 0 radical (unpaired) electrons. The van der Waals surface area contributed by atoms with Crippen molar-refractivity contribution in [1.82, 2.24) is 0 Å². The molecule has 0 amide bonds. The van der Waals surface area contributed by atoms with Crippen molar-refractivity contribution in [3.05, 3.63) is 40.5 Å². The Morgan fingerprint density at radius 2 is 2.00 bits per heavy atom. The number of benzene rings is 1. The first-order valence-electron chi connectivity index (χ1n) is 4.71. The van der Waals surface area contributed by atoms with E-state index in [-0.39, 0.29) is 0 Å². The Balaban J connectivity index is 2.67. The fraction of sp³-hybridized carbons (Fsp3) is 0.333. The van der Waals surface area contributed by atoms with Crippen molar-refractivity contribution in [3.63, 3.8) is 0 Å². The van der Waals surface area contributed by atoms with Gasteiger partial charge in [-0.1, -0.05) is 0 Å². The summed E-state index contributed by atoms with van der Waals surface area (Å²) in [6.45, 7) is 7.84. The molecule has 14 heavy (non-hydrogen) atoms. The zero-order chi connectivity index (χ0) is 10.6. The number of rotatable bonds is 4. The Labute approximate surface area is 95.9 Å². The Morgan fingerprint density at radius 1 is 1.43 bits per heavy atom. The summed E-state index contributed by atoms with van der Waals surface area (Å²) in [5.41, 5.74) is -0.682. The van der Waals surface area contributed by atoms with Crippen LogP contribution in [0.4, 0.5) is 0 Å². The molecule has 1 rings (SSSR count).